The summed E-state index contributed by atoms with van der Waals surface area (Å²) in [5.74, 6) is -4.02. The highest BCUT2D eigenvalue weighted by atomic mass is 19.2. The third-order valence-corrected chi connectivity index (χ3v) is 5.72. The number of nitrogens with one attached hydrogen (secondary N) is 3. The van der Waals surface area contributed by atoms with Crippen molar-refractivity contribution in [3.8, 4) is 0 Å². The van der Waals surface area contributed by atoms with E-state index in [2.05, 4.69) is 25.9 Å². The Bertz CT molecular complexity index is 1050. The van der Waals surface area contributed by atoms with Crippen LogP contribution in [0.15, 0.2) is 12.1 Å². The average molecular weight is 448 g/mol. The molecule has 2 amide bonds. The van der Waals surface area contributed by atoms with Crippen LogP contribution in [0.4, 0.5) is 30.6 Å². The molecule has 2 aromatic rings. The van der Waals surface area contributed by atoms with Crippen molar-refractivity contribution in [2.24, 2.45) is 0 Å². The number of carbonyl (C=O) groups excluding carboxylic acids is 2. The van der Waals surface area contributed by atoms with Gasteiger partial charge in [0.2, 0.25) is 11.9 Å². The molecule has 0 atom stereocenters. The fourth-order valence-corrected chi connectivity index (χ4v) is 4.03. The van der Waals surface area contributed by atoms with E-state index in [-0.39, 0.29) is 30.1 Å². The first-order valence-corrected chi connectivity index (χ1v) is 10.3. The lowest BCUT2D eigenvalue weighted by atomic mass is 9.91. The van der Waals surface area contributed by atoms with Crippen LogP contribution >= 0.6 is 0 Å². The lowest BCUT2D eigenvalue weighted by Crippen LogP contribution is -2.40. The highest BCUT2D eigenvalue weighted by Gasteiger charge is 2.27. The minimum atomic E-state index is -1.60. The van der Waals surface area contributed by atoms with Crippen molar-refractivity contribution in [2.75, 3.05) is 29.1 Å². The molecule has 0 bridgehead atoms. The van der Waals surface area contributed by atoms with E-state index in [0.717, 1.165) is 12.8 Å². The molecule has 1 saturated carbocycles. The lowest BCUT2D eigenvalue weighted by Gasteiger charge is -2.31. The van der Waals surface area contributed by atoms with Gasteiger partial charge in [-0.25, -0.2) is 18.2 Å². The second kappa shape index (κ2) is 8.64. The third-order valence-electron chi connectivity index (χ3n) is 5.72. The second-order valence-electron chi connectivity index (χ2n) is 8.16. The van der Waals surface area contributed by atoms with Gasteiger partial charge in [-0.15, -0.1) is 0 Å². The molecule has 32 heavy (non-hydrogen) atoms. The number of nitrogens with zero attached hydrogens (tertiary/aromatic N) is 3. The molecule has 1 aromatic carbocycles. The van der Waals surface area contributed by atoms with Crippen molar-refractivity contribution in [3.05, 3.63) is 40.8 Å². The van der Waals surface area contributed by atoms with Crippen LogP contribution in [0.3, 0.4) is 0 Å². The van der Waals surface area contributed by atoms with Gasteiger partial charge in [0.05, 0.1) is 12.2 Å². The summed E-state index contributed by atoms with van der Waals surface area (Å²) in [6.45, 7) is 2.02. The normalized spacial score (nSPS) is 20.4. The fraction of sp³-hybridized carbons (Fsp3) is 0.429. The summed E-state index contributed by atoms with van der Waals surface area (Å²) in [5.41, 5.74) is 1.02. The van der Waals surface area contributed by atoms with Gasteiger partial charge in [0.15, 0.2) is 23.3 Å². The van der Waals surface area contributed by atoms with Crippen LogP contribution in [0.2, 0.25) is 0 Å². The number of rotatable bonds is 4. The van der Waals surface area contributed by atoms with E-state index < -0.39 is 23.4 Å². The fourth-order valence-electron chi connectivity index (χ4n) is 4.03. The highest BCUT2D eigenvalue weighted by Crippen LogP contribution is 2.30. The molecule has 2 aliphatic rings. The Morgan fingerprint density at radius 3 is 2.38 bits per heavy atom. The summed E-state index contributed by atoms with van der Waals surface area (Å²) in [4.78, 5) is 34.8. The van der Waals surface area contributed by atoms with Crippen molar-refractivity contribution in [3.63, 3.8) is 0 Å². The van der Waals surface area contributed by atoms with E-state index in [0.29, 0.717) is 48.1 Å². The number of hydrogen-bond donors (Lipinski definition) is 3. The zero-order valence-electron chi connectivity index (χ0n) is 17.6. The van der Waals surface area contributed by atoms with Crippen molar-refractivity contribution in [1.29, 1.82) is 0 Å². The van der Waals surface area contributed by atoms with E-state index in [1.807, 2.05) is 0 Å². The summed E-state index contributed by atoms with van der Waals surface area (Å²) in [7, 11) is 1.79. The molecule has 11 heteroatoms. The maximum Gasteiger partial charge on any atom is 0.251 e. The summed E-state index contributed by atoms with van der Waals surface area (Å²) in [6.07, 6.45) is 2.75. The molecule has 0 radical (unpaired) electrons. The number of fused-ring (bicyclic) bond motifs is 1. The minimum Gasteiger partial charge on any atom is -0.351 e. The number of amides is 2. The van der Waals surface area contributed by atoms with Gasteiger partial charge in [-0.3, -0.25) is 9.59 Å². The Hall–Kier alpha value is -3.37. The summed E-state index contributed by atoms with van der Waals surface area (Å²) in [6, 6.07) is 1.31. The van der Waals surface area contributed by atoms with Gasteiger partial charge in [-0.1, -0.05) is 0 Å². The van der Waals surface area contributed by atoms with Gasteiger partial charge in [0, 0.05) is 24.7 Å². The monoisotopic (exact) mass is 448 g/mol. The maximum absolute atomic E-state index is 13.4. The number of benzene rings is 1. The topological polar surface area (TPSA) is 99.2 Å². The van der Waals surface area contributed by atoms with E-state index in [1.165, 1.54) is 0 Å². The molecule has 0 saturated heterocycles. The first-order valence-electron chi connectivity index (χ1n) is 10.3. The Labute approximate surface area is 182 Å². The van der Waals surface area contributed by atoms with Gasteiger partial charge < -0.3 is 20.9 Å². The van der Waals surface area contributed by atoms with E-state index in [4.69, 9.17) is 0 Å². The predicted octanol–water partition coefficient (Wildman–Crippen LogP) is 2.74. The van der Waals surface area contributed by atoms with Gasteiger partial charge in [-0.2, -0.15) is 4.98 Å². The van der Waals surface area contributed by atoms with Crippen LogP contribution in [-0.4, -0.2) is 47.5 Å². The van der Waals surface area contributed by atoms with E-state index in [1.54, 1.807) is 18.9 Å². The molecule has 3 N–H and O–H groups in total. The van der Waals surface area contributed by atoms with Crippen molar-refractivity contribution in [2.45, 2.75) is 44.7 Å². The van der Waals surface area contributed by atoms with Crippen LogP contribution < -0.4 is 20.9 Å². The zero-order chi connectivity index (χ0) is 23.0. The number of aromatic nitrogens is 2. The number of hydrogen-bond acceptors (Lipinski definition) is 6. The number of likely N-dealkylation sites (N-methyl/N-ethyl adjacent to an activating group) is 1. The number of aryl methyl sites for hydroxylation is 1. The first-order chi connectivity index (χ1) is 15.2. The molecule has 1 aliphatic heterocycles. The Morgan fingerprint density at radius 1 is 1.09 bits per heavy atom. The van der Waals surface area contributed by atoms with E-state index in [9.17, 15) is 22.8 Å². The zero-order valence-corrected chi connectivity index (χ0v) is 17.6. The Balaban J connectivity index is 1.35. The Morgan fingerprint density at radius 2 is 1.72 bits per heavy atom. The van der Waals surface area contributed by atoms with Crippen molar-refractivity contribution < 1.29 is 22.8 Å². The van der Waals surface area contributed by atoms with Crippen LogP contribution in [0.1, 0.15) is 41.7 Å². The smallest absolute Gasteiger partial charge is 0.251 e. The van der Waals surface area contributed by atoms with Crippen LogP contribution in [0.5, 0.6) is 0 Å². The summed E-state index contributed by atoms with van der Waals surface area (Å²) in [5, 5.41) is 8.86. The predicted molar refractivity (Wildman–Crippen MR) is 112 cm³/mol. The standard InChI is InChI=1S/C21H23F3N6O2/c1-10-18-19(30(2)9-16(31)28-18)29-21(25-10)27-13-5-3-12(4-6-13)26-20(32)11-7-14(22)17(24)15(23)8-11/h7-8,12-13H,3-6,9H2,1-2H3,(H,26,32)(H,28,31)(H,25,27,29). The van der Waals surface area contributed by atoms with Gasteiger partial charge in [0.25, 0.3) is 5.91 Å². The molecular weight excluding hydrogens is 425 g/mol. The second-order valence-corrected chi connectivity index (χ2v) is 8.16. The summed E-state index contributed by atoms with van der Waals surface area (Å²) < 4.78 is 39.8. The molecule has 2 heterocycles. The molecule has 4 rings (SSSR count). The maximum atomic E-state index is 13.4. The SMILES string of the molecule is Cc1nc(NC2CCC(NC(=O)c3cc(F)c(F)c(F)c3)CC2)nc2c1NC(=O)CN2C. The molecule has 170 valence electrons. The van der Waals surface area contributed by atoms with Gasteiger partial charge in [0.1, 0.15) is 5.69 Å². The largest absolute Gasteiger partial charge is 0.351 e. The van der Waals surface area contributed by atoms with Crippen LogP contribution in [0, 0.1) is 24.4 Å². The van der Waals surface area contributed by atoms with Crippen LogP contribution in [-0.2, 0) is 4.79 Å². The quantitative estimate of drug-likeness (QED) is 0.622. The van der Waals surface area contributed by atoms with Gasteiger partial charge >= 0.3 is 0 Å². The molecule has 1 aliphatic carbocycles. The Kier molecular flexibility index (Phi) is 5.90. The third kappa shape index (κ3) is 4.46. The summed E-state index contributed by atoms with van der Waals surface area (Å²) >= 11 is 0. The number of halogens is 3. The van der Waals surface area contributed by atoms with Crippen molar-refractivity contribution in [1.82, 2.24) is 15.3 Å². The molecule has 8 nitrogen and oxygen atoms in total. The molecule has 0 spiro atoms. The lowest BCUT2D eigenvalue weighted by molar-refractivity contribution is -0.115. The minimum absolute atomic E-state index is 0.0878. The van der Waals surface area contributed by atoms with E-state index >= 15 is 0 Å². The number of carbonyl (C=O) groups is 2. The van der Waals surface area contributed by atoms with Crippen molar-refractivity contribution >= 4 is 29.3 Å². The molecule has 0 unspecified atom stereocenters. The molecule has 1 aromatic heterocycles. The average Bonchev–Trinajstić information content (AvgIpc) is 2.74. The number of anilines is 3. The molecular formula is C21H23F3N6O2. The van der Waals surface area contributed by atoms with Gasteiger partial charge in [-0.05, 0) is 44.7 Å². The highest BCUT2D eigenvalue weighted by molar-refractivity contribution is 6.00. The molecule has 1 fully saturated rings. The first kappa shape index (κ1) is 21.8. The van der Waals surface area contributed by atoms with Crippen LogP contribution in [0.25, 0.3) is 0 Å².